The Morgan fingerprint density at radius 3 is 2.59 bits per heavy atom. The summed E-state index contributed by atoms with van der Waals surface area (Å²) in [6, 6.07) is 11.3. The first-order valence-corrected chi connectivity index (χ1v) is 9.10. The molecule has 1 aromatic carbocycles. The minimum atomic E-state index is -0.0226. The number of rotatable bonds is 7. The van der Waals surface area contributed by atoms with Crippen molar-refractivity contribution in [2.45, 2.75) is 6.42 Å². The Kier molecular flexibility index (Phi) is 6.49. The van der Waals surface area contributed by atoms with E-state index < -0.39 is 0 Å². The largest absolute Gasteiger partial charge is 0.497 e. The quantitative estimate of drug-likeness (QED) is 0.806. The van der Waals surface area contributed by atoms with Gasteiger partial charge >= 0.3 is 0 Å². The smallest absolute Gasteiger partial charge is 0.225 e. The van der Waals surface area contributed by atoms with Crippen LogP contribution >= 0.6 is 0 Å². The zero-order valence-corrected chi connectivity index (χ0v) is 15.9. The van der Waals surface area contributed by atoms with E-state index in [9.17, 15) is 4.79 Å². The van der Waals surface area contributed by atoms with Gasteiger partial charge in [-0.1, -0.05) is 6.07 Å². The maximum Gasteiger partial charge on any atom is 0.225 e. The molecule has 1 aliphatic heterocycles. The van der Waals surface area contributed by atoms with Crippen LogP contribution in [0.1, 0.15) is 6.42 Å². The van der Waals surface area contributed by atoms with E-state index in [2.05, 4.69) is 20.1 Å². The highest BCUT2D eigenvalue weighted by molar-refractivity contribution is 5.92. The molecule has 2 heterocycles. The first-order chi connectivity index (χ1) is 13.2. The number of hydrogen-bond donors (Lipinski definition) is 1. The standard InChI is InChI=1S/C20H26N4O3/c1-26-16-6-7-17(18(15-16)27-2)22-20(25)8-10-23-11-13-24(14-12-23)19-5-3-4-9-21-19/h3-7,9,15H,8,10-14H2,1-2H3,(H,22,25). The number of nitrogens with one attached hydrogen (secondary N) is 1. The maximum atomic E-state index is 12.3. The van der Waals surface area contributed by atoms with Crippen molar-refractivity contribution in [3.8, 4) is 11.5 Å². The molecule has 0 atom stereocenters. The summed E-state index contributed by atoms with van der Waals surface area (Å²) in [6.45, 7) is 4.43. The number of nitrogens with zero attached hydrogens (tertiary/aromatic N) is 3. The van der Waals surface area contributed by atoms with Crippen molar-refractivity contribution in [2.75, 3.05) is 57.2 Å². The molecule has 3 rings (SSSR count). The second-order valence-electron chi connectivity index (χ2n) is 6.38. The second kappa shape index (κ2) is 9.23. The Morgan fingerprint density at radius 1 is 1.11 bits per heavy atom. The Hall–Kier alpha value is -2.80. The van der Waals surface area contributed by atoms with Crippen molar-refractivity contribution in [3.05, 3.63) is 42.6 Å². The van der Waals surface area contributed by atoms with E-state index in [0.29, 0.717) is 23.6 Å². The molecule has 27 heavy (non-hydrogen) atoms. The summed E-state index contributed by atoms with van der Waals surface area (Å²) in [4.78, 5) is 21.3. The van der Waals surface area contributed by atoms with Gasteiger partial charge in [-0.25, -0.2) is 4.98 Å². The number of benzene rings is 1. The predicted molar refractivity (Wildman–Crippen MR) is 106 cm³/mol. The molecule has 0 aliphatic carbocycles. The molecule has 0 spiro atoms. The van der Waals surface area contributed by atoms with Crippen molar-refractivity contribution < 1.29 is 14.3 Å². The lowest BCUT2D eigenvalue weighted by molar-refractivity contribution is -0.116. The van der Waals surface area contributed by atoms with Crippen molar-refractivity contribution >= 4 is 17.4 Å². The van der Waals surface area contributed by atoms with Gasteiger partial charge < -0.3 is 19.7 Å². The zero-order chi connectivity index (χ0) is 19.1. The fourth-order valence-corrected chi connectivity index (χ4v) is 3.12. The molecule has 1 aliphatic rings. The summed E-state index contributed by atoms with van der Waals surface area (Å²) in [7, 11) is 3.17. The van der Waals surface area contributed by atoms with Gasteiger partial charge in [0.1, 0.15) is 17.3 Å². The predicted octanol–water partition coefficient (Wildman–Crippen LogP) is 2.25. The molecule has 0 saturated carbocycles. The third-order valence-corrected chi connectivity index (χ3v) is 4.68. The van der Waals surface area contributed by atoms with Gasteiger partial charge in [0.25, 0.3) is 0 Å². The first kappa shape index (κ1) is 19.0. The Morgan fingerprint density at radius 2 is 1.93 bits per heavy atom. The molecular formula is C20H26N4O3. The number of amides is 1. The van der Waals surface area contributed by atoms with Crippen LogP contribution in [-0.4, -0.2) is 62.7 Å². The molecule has 7 nitrogen and oxygen atoms in total. The number of aromatic nitrogens is 1. The molecule has 0 unspecified atom stereocenters. The van der Waals surface area contributed by atoms with Crippen molar-refractivity contribution in [2.24, 2.45) is 0 Å². The summed E-state index contributed by atoms with van der Waals surface area (Å²) in [5.74, 6) is 2.27. The van der Waals surface area contributed by atoms with E-state index in [1.807, 2.05) is 24.4 Å². The number of ether oxygens (including phenoxy) is 2. The van der Waals surface area contributed by atoms with Crippen LogP contribution in [0.5, 0.6) is 11.5 Å². The average molecular weight is 370 g/mol. The number of methoxy groups -OCH3 is 2. The molecule has 144 valence electrons. The first-order valence-electron chi connectivity index (χ1n) is 9.10. The van der Waals surface area contributed by atoms with Crippen LogP contribution in [-0.2, 0) is 4.79 Å². The van der Waals surface area contributed by atoms with Crippen LogP contribution < -0.4 is 19.7 Å². The van der Waals surface area contributed by atoms with Crippen LogP contribution in [0.2, 0.25) is 0 Å². The minimum Gasteiger partial charge on any atom is -0.497 e. The lowest BCUT2D eigenvalue weighted by atomic mass is 10.2. The summed E-state index contributed by atoms with van der Waals surface area (Å²) < 4.78 is 10.5. The summed E-state index contributed by atoms with van der Waals surface area (Å²) in [5, 5.41) is 2.92. The highest BCUT2D eigenvalue weighted by atomic mass is 16.5. The lowest BCUT2D eigenvalue weighted by Crippen LogP contribution is -2.47. The Balaban J connectivity index is 1.45. The number of carbonyl (C=O) groups is 1. The van der Waals surface area contributed by atoms with Crippen molar-refractivity contribution in [1.29, 1.82) is 0 Å². The zero-order valence-electron chi connectivity index (χ0n) is 15.9. The van der Waals surface area contributed by atoms with E-state index in [1.54, 1.807) is 32.4 Å². The van der Waals surface area contributed by atoms with Gasteiger partial charge in [-0.05, 0) is 24.3 Å². The number of anilines is 2. The Labute approximate surface area is 159 Å². The molecule has 0 radical (unpaired) electrons. The van der Waals surface area contributed by atoms with Crippen molar-refractivity contribution in [3.63, 3.8) is 0 Å². The van der Waals surface area contributed by atoms with Gasteiger partial charge in [0, 0.05) is 51.4 Å². The highest BCUT2D eigenvalue weighted by Crippen LogP contribution is 2.29. The highest BCUT2D eigenvalue weighted by Gasteiger charge is 2.18. The van der Waals surface area contributed by atoms with Crippen LogP contribution in [0.15, 0.2) is 42.6 Å². The molecular weight excluding hydrogens is 344 g/mol. The number of hydrogen-bond acceptors (Lipinski definition) is 6. The monoisotopic (exact) mass is 370 g/mol. The SMILES string of the molecule is COc1ccc(NC(=O)CCN2CCN(c3ccccn3)CC2)c(OC)c1. The molecule has 1 aromatic heterocycles. The third-order valence-electron chi connectivity index (χ3n) is 4.68. The summed E-state index contributed by atoms with van der Waals surface area (Å²) in [6.07, 6.45) is 2.26. The molecule has 1 N–H and O–H groups in total. The molecule has 7 heteroatoms. The van der Waals surface area contributed by atoms with E-state index >= 15 is 0 Å². The average Bonchev–Trinajstić information content (AvgIpc) is 2.73. The van der Waals surface area contributed by atoms with Gasteiger partial charge in [-0.2, -0.15) is 0 Å². The fourth-order valence-electron chi connectivity index (χ4n) is 3.12. The second-order valence-corrected chi connectivity index (χ2v) is 6.38. The number of pyridine rings is 1. The van der Waals surface area contributed by atoms with Crippen LogP contribution in [0.3, 0.4) is 0 Å². The van der Waals surface area contributed by atoms with Crippen LogP contribution in [0.4, 0.5) is 11.5 Å². The molecule has 1 saturated heterocycles. The Bertz CT molecular complexity index is 746. The van der Waals surface area contributed by atoms with Crippen LogP contribution in [0.25, 0.3) is 0 Å². The summed E-state index contributed by atoms with van der Waals surface area (Å²) >= 11 is 0. The van der Waals surface area contributed by atoms with Crippen LogP contribution in [0, 0.1) is 0 Å². The maximum absolute atomic E-state index is 12.3. The molecule has 0 bridgehead atoms. The van der Waals surface area contributed by atoms with E-state index in [-0.39, 0.29) is 5.91 Å². The molecule has 1 amide bonds. The molecule has 1 fully saturated rings. The van der Waals surface area contributed by atoms with Gasteiger partial charge in [0.15, 0.2) is 0 Å². The number of carbonyl (C=O) groups excluding carboxylic acids is 1. The topological polar surface area (TPSA) is 66.9 Å². The van der Waals surface area contributed by atoms with Gasteiger partial charge in [0.05, 0.1) is 19.9 Å². The van der Waals surface area contributed by atoms with E-state index in [4.69, 9.17) is 9.47 Å². The minimum absolute atomic E-state index is 0.0226. The fraction of sp³-hybridized carbons (Fsp3) is 0.400. The van der Waals surface area contributed by atoms with E-state index in [0.717, 1.165) is 38.5 Å². The van der Waals surface area contributed by atoms with E-state index in [1.165, 1.54) is 0 Å². The van der Waals surface area contributed by atoms with Crippen molar-refractivity contribution in [1.82, 2.24) is 9.88 Å². The van der Waals surface area contributed by atoms with Gasteiger partial charge in [-0.3, -0.25) is 9.69 Å². The molecule has 2 aromatic rings. The summed E-state index contributed by atoms with van der Waals surface area (Å²) in [5.41, 5.74) is 0.656. The lowest BCUT2D eigenvalue weighted by Gasteiger charge is -2.35. The number of piperazine rings is 1. The van der Waals surface area contributed by atoms with Gasteiger partial charge in [0.2, 0.25) is 5.91 Å². The normalized spacial score (nSPS) is 14.7. The van der Waals surface area contributed by atoms with Gasteiger partial charge in [-0.15, -0.1) is 0 Å². The third kappa shape index (κ3) is 5.10.